The molecule has 0 aliphatic carbocycles. The molecular formula is C26H26N2O5. The Labute approximate surface area is 192 Å². The highest BCUT2D eigenvalue weighted by Crippen LogP contribution is 2.18. The van der Waals surface area contributed by atoms with Gasteiger partial charge in [-0.15, -0.1) is 0 Å². The van der Waals surface area contributed by atoms with Crippen molar-refractivity contribution in [1.82, 2.24) is 5.32 Å². The number of carbonyl (C=O) groups excluding carboxylic acids is 3. The van der Waals surface area contributed by atoms with Gasteiger partial charge >= 0.3 is 5.97 Å². The number of anilines is 1. The summed E-state index contributed by atoms with van der Waals surface area (Å²) in [5.41, 5.74) is 2.91. The number of amides is 2. The molecule has 0 spiro atoms. The van der Waals surface area contributed by atoms with E-state index in [1.54, 1.807) is 30.3 Å². The molecule has 0 radical (unpaired) electrons. The molecule has 0 aromatic heterocycles. The minimum Gasteiger partial charge on any atom is -0.483 e. The predicted molar refractivity (Wildman–Crippen MR) is 125 cm³/mol. The summed E-state index contributed by atoms with van der Waals surface area (Å²) in [5.74, 6) is 0.0325. The Morgan fingerprint density at radius 3 is 2.39 bits per heavy atom. The lowest BCUT2D eigenvalue weighted by Crippen LogP contribution is -2.28. The summed E-state index contributed by atoms with van der Waals surface area (Å²) in [6, 6.07) is 21.2. The third-order valence-corrected chi connectivity index (χ3v) is 4.77. The van der Waals surface area contributed by atoms with Crippen molar-refractivity contribution in [2.75, 3.05) is 11.9 Å². The first kappa shape index (κ1) is 23.5. The molecule has 0 heterocycles. The molecule has 7 heteroatoms. The van der Waals surface area contributed by atoms with E-state index < -0.39 is 5.97 Å². The SMILES string of the molecule is CCc1ccccc1OCC(=O)NCc1ccc(NC(=O)c2cccc(OC(C)=O)c2)cc1. The van der Waals surface area contributed by atoms with Crippen LogP contribution in [0.15, 0.2) is 72.8 Å². The molecule has 0 bridgehead atoms. The lowest BCUT2D eigenvalue weighted by atomic mass is 10.1. The first-order valence-electron chi connectivity index (χ1n) is 10.6. The normalized spacial score (nSPS) is 10.2. The van der Waals surface area contributed by atoms with Gasteiger partial charge in [0.05, 0.1) is 0 Å². The smallest absolute Gasteiger partial charge is 0.308 e. The average Bonchev–Trinajstić information content (AvgIpc) is 2.82. The second-order valence-electron chi connectivity index (χ2n) is 7.30. The topological polar surface area (TPSA) is 93.7 Å². The van der Waals surface area contributed by atoms with Crippen molar-refractivity contribution < 1.29 is 23.9 Å². The molecule has 0 unspecified atom stereocenters. The number of esters is 1. The molecule has 3 rings (SSSR count). The standard InChI is InChI=1S/C26H26N2O5/c1-3-20-7-4-5-10-24(20)32-17-25(30)27-16-19-11-13-22(14-12-19)28-26(31)21-8-6-9-23(15-21)33-18(2)29/h4-15H,3,16-17H2,1-2H3,(H,27,30)(H,28,31). The summed E-state index contributed by atoms with van der Waals surface area (Å²) < 4.78 is 10.6. The van der Waals surface area contributed by atoms with Gasteiger partial charge in [0.15, 0.2) is 6.61 Å². The lowest BCUT2D eigenvalue weighted by molar-refractivity contribution is -0.131. The van der Waals surface area contributed by atoms with Crippen molar-refractivity contribution in [2.45, 2.75) is 26.8 Å². The van der Waals surface area contributed by atoms with Crippen molar-refractivity contribution in [2.24, 2.45) is 0 Å². The van der Waals surface area contributed by atoms with E-state index in [1.807, 2.05) is 43.3 Å². The van der Waals surface area contributed by atoms with Crippen molar-refractivity contribution in [3.8, 4) is 11.5 Å². The molecule has 33 heavy (non-hydrogen) atoms. The van der Waals surface area contributed by atoms with Crippen LogP contribution in [0, 0.1) is 0 Å². The van der Waals surface area contributed by atoms with Gasteiger partial charge < -0.3 is 20.1 Å². The predicted octanol–water partition coefficient (Wildman–Crippen LogP) is 4.12. The minimum absolute atomic E-state index is 0.0580. The number of para-hydroxylation sites is 1. The van der Waals surface area contributed by atoms with Gasteiger partial charge in [0.1, 0.15) is 11.5 Å². The van der Waals surface area contributed by atoms with E-state index >= 15 is 0 Å². The average molecular weight is 447 g/mol. The lowest BCUT2D eigenvalue weighted by Gasteiger charge is -2.11. The van der Waals surface area contributed by atoms with Gasteiger partial charge in [-0.3, -0.25) is 14.4 Å². The first-order chi connectivity index (χ1) is 15.9. The fourth-order valence-corrected chi connectivity index (χ4v) is 3.11. The largest absolute Gasteiger partial charge is 0.483 e. The minimum atomic E-state index is -0.451. The molecule has 0 saturated heterocycles. The van der Waals surface area contributed by atoms with Gasteiger partial charge in [-0.2, -0.15) is 0 Å². The van der Waals surface area contributed by atoms with E-state index in [9.17, 15) is 14.4 Å². The Kier molecular flexibility index (Phi) is 8.18. The summed E-state index contributed by atoms with van der Waals surface area (Å²) >= 11 is 0. The monoisotopic (exact) mass is 446 g/mol. The number of benzene rings is 3. The molecular weight excluding hydrogens is 420 g/mol. The highest BCUT2D eigenvalue weighted by atomic mass is 16.5. The van der Waals surface area contributed by atoms with Gasteiger partial charge in [0, 0.05) is 24.7 Å². The second kappa shape index (κ2) is 11.5. The Morgan fingerprint density at radius 2 is 1.67 bits per heavy atom. The third-order valence-electron chi connectivity index (χ3n) is 4.77. The molecule has 7 nitrogen and oxygen atoms in total. The maximum Gasteiger partial charge on any atom is 0.308 e. The van der Waals surface area contributed by atoms with E-state index in [0.29, 0.717) is 29.3 Å². The van der Waals surface area contributed by atoms with Crippen LogP contribution in [0.4, 0.5) is 5.69 Å². The summed E-state index contributed by atoms with van der Waals surface area (Å²) in [5, 5.41) is 5.62. The van der Waals surface area contributed by atoms with E-state index in [0.717, 1.165) is 17.5 Å². The van der Waals surface area contributed by atoms with E-state index in [1.165, 1.54) is 13.0 Å². The maximum atomic E-state index is 12.5. The number of nitrogens with one attached hydrogen (secondary N) is 2. The van der Waals surface area contributed by atoms with Crippen molar-refractivity contribution >= 4 is 23.5 Å². The highest BCUT2D eigenvalue weighted by Gasteiger charge is 2.09. The first-order valence-corrected chi connectivity index (χ1v) is 10.6. The number of aryl methyl sites for hydroxylation is 1. The molecule has 0 atom stereocenters. The zero-order valence-electron chi connectivity index (χ0n) is 18.6. The van der Waals surface area contributed by atoms with Crippen molar-refractivity contribution in [1.29, 1.82) is 0 Å². The van der Waals surface area contributed by atoms with Crippen molar-refractivity contribution in [3.63, 3.8) is 0 Å². The Morgan fingerprint density at radius 1 is 0.909 bits per heavy atom. The summed E-state index contributed by atoms with van der Waals surface area (Å²) in [6.45, 7) is 3.62. The van der Waals surface area contributed by atoms with Crippen LogP contribution >= 0.6 is 0 Å². The van der Waals surface area contributed by atoms with Crippen molar-refractivity contribution in [3.05, 3.63) is 89.5 Å². The summed E-state index contributed by atoms with van der Waals surface area (Å²) in [6.07, 6.45) is 0.832. The van der Waals surface area contributed by atoms with Crippen LogP contribution in [0.1, 0.15) is 35.3 Å². The Bertz CT molecular complexity index is 1130. The van der Waals surface area contributed by atoms with Gasteiger partial charge in [-0.25, -0.2) is 0 Å². The van der Waals surface area contributed by atoms with Gasteiger partial charge in [0.2, 0.25) is 0 Å². The number of carbonyl (C=O) groups is 3. The van der Waals surface area contributed by atoms with Gasteiger partial charge in [-0.1, -0.05) is 43.3 Å². The fourth-order valence-electron chi connectivity index (χ4n) is 3.11. The maximum absolute atomic E-state index is 12.5. The molecule has 0 aliphatic rings. The number of hydrogen-bond donors (Lipinski definition) is 2. The van der Waals surface area contributed by atoms with Gasteiger partial charge in [0.25, 0.3) is 11.8 Å². The van der Waals surface area contributed by atoms with Crippen LogP contribution in [0.25, 0.3) is 0 Å². The van der Waals surface area contributed by atoms with Gasteiger partial charge in [-0.05, 0) is 53.9 Å². The van der Waals surface area contributed by atoms with E-state index in [2.05, 4.69) is 10.6 Å². The molecule has 0 saturated carbocycles. The number of ether oxygens (including phenoxy) is 2. The van der Waals surface area contributed by atoms with E-state index in [-0.39, 0.29) is 18.4 Å². The number of rotatable bonds is 9. The Balaban J connectivity index is 1.48. The highest BCUT2D eigenvalue weighted by molar-refractivity contribution is 6.04. The third kappa shape index (κ3) is 7.21. The zero-order chi connectivity index (χ0) is 23.6. The molecule has 2 N–H and O–H groups in total. The van der Waals surface area contributed by atoms with Crippen LogP contribution in [0.5, 0.6) is 11.5 Å². The fraction of sp³-hybridized carbons (Fsp3) is 0.192. The van der Waals surface area contributed by atoms with Crippen LogP contribution in [0.2, 0.25) is 0 Å². The van der Waals surface area contributed by atoms with Crippen LogP contribution in [-0.4, -0.2) is 24.4 Å². The Hall–Kier alpha value is -4.13. The quantitative estimate of drug-likeness (QED) is 0.381. The second-order valence-corrected chi connectivity index (χ2v) is 7.30. The van der Waals surface area contributed by atoms with Crippen LogP contribution in [-0.2, 0) is 22.6 Å². The molecule has 170 valence electrons. The molecule has 0 aliphatic heterocycles. The molecule has 2 amide bonds. The summed E-state index contributed by atoms with van der Waals surface area (Å²) in [4.78, 5) is 35.7. The molecule has 3 aromatic rings. The molecule has 3 aromatic carbocycles. The van der Waals surface area contributed by atoms with E-state index in [4.69, 9.17) is 9.47 Å². The number of hydrogen-bond acceptors (Lipinski definition) is 5. The zero-order valence-corrected chi connectivity index (χ0v) is 18.6. The summed E-state index contributed by atoms with van der Waals surface area (Å²) in [7, 11) is 0. The molecule has 0 fully saturated rings. The van der Waals surface area contributed by atoms with Crippen LogP contribution < -0.4 is 20.1 Å². The van der Waals surface area contributed by atoms with Crippen LogP contribution in [0.3, 0.4) is 0 Å².